The topological polar surface area (TPSA) is 29.5 Å². The number of rotatable bonds is 6. The van der Waals surface area contributed by atoms with E-state index in [1.807, 2.05) is 44.2 Å². The Labute approximate surface area is 125 Å². The van der Waals surface area contributed by atoms with E-state index in [9.17, 15) is 9.50 Å². The van der Waals surface area contributed by atoms with Crippen LogP contribution in [0.3, 0.4) is 0 Å². The van der Waals surface area contributed by atoms with E-state index < -0.39 is 6.10 Å². The molecule has 2 aromatic carbocycles. The monoisotopic (exact) mass is 288 g/mol. The van der Waals surface area contributed by atoms with Crippen molar-refractivity contribution in [2.24, 2.45) is 0 Å². The number of hydrogen-bond acceptors (Lipinski definition) is 2. The normalized spacial score (nSPS) is 13.9. The van der Waals surface area contributed by atoms with E-state index in [0.717, 1.165) is 16.7 Å². The van der Waals surface area contributed by atoms with Crippen LogP contribution in [0.2, 0.25) is 0 Å². The van der Waals surface area contributed by atoms with E-state index in [2.05, 4.69) is 0 Å². The van der Waals surface area contributed by atoms with Crippen molar-refractivity contribution in [1.82, 2.24) is 0 Å². The summed E-state index contributed by atoms with van der Waals surface area (Å²) in [6.45, 7) is 4.29. The molecule has 2 aromatic rings. The van der Waals surface area contributed by atoms with Gasteiger partial charge in [0.25, 0.3) is 0 Å². The minimum Gasteiger partial charge on any atom is -0.390 e. The van der Waals surface area contributed by atoms with Gasteiger partial charge >= 0.3 is 0 Å². The number of aliphatic hydroxyl groups excluding tert-OH is 1. The Balaban J connectivity index is 2.17. The third kappa shape index (κ3) is 4.13. The van der Waals surface area contributed by atoms with Crippen LogP contribution in [0.25, 0.3) is 0 Å². The predicted octanol–water partition coefficient (Wildman–Crippen LogP) is 3.82. The lowest BCUT2D eigenvalue weighted by atomic mass is 9.96. The Hall–Kier alpha value is -1.71. The molecule has 0 saturated carbocycles. The van der Waals surface area contributed by atoms with Crippen molar-refractivity contribution in [3.05, 3.63) is 71.0 Å². The van der Waals surface area contributed by atoms with E-state index in [1.54, 1.807) is 6.07 Å². The molecule has 0 bridgehead atoms. The standard InChI is InChI=1S/C18H21FO2/c1-3-21-18(14-7-5-4-6-8-14)17(20)12-15-9-10-16(19)11-13(15)2/h4-11,17-18,20H,3,12H2,1-2H3. The summed E-state index contributed by atoms with van der Waals surface area (Å²) in [5.74, 6) is -0.254. The third-order valence-corrected chi connectivity index (χ3v) is 3.56. The molecule has 0 spiro atoms. The highest BCUT2D eigenvalue weighted by Crippen LogP contribution is 2.25. The summed E-state index contributed by atoms with van der Waals surface area (Å²) in [6, 6.07) is 14.3. The molecule has 21 heavy (non-hydrogen) atoms. The van der Waals surface area contributed by atoms with Gasteiger partial charge in [-0.2, -0.15) is 0 Å². The third-order valence-electron chi connectivity index (χ3n) is 3.56. The van der Waals surface area contributed by atoms with Crippen LogP contribution in [-0.4, -0.2) is 17.8 Å². The molecule has 0 aliphatic rings. The zero-order chi connectivity index (χ0) is 15.2. The molecule has 3 heteroatoms. The zero-order valence-corrected chi connectivity index (χ0v) is 12.4. The Morgan fingerprint density at radius 2 is 1.86 bits per heavy atom. The van der Waals surface area contributed by atoms with Gasteiger partial charge < -0.3 is 9.84 Å². The van der Waals surface area contributed by atoms with Crippen molar-refractivity contribution in [3.8, 4) is 0 Å². The highest BCUT2D eigenvalue weighted by Gasteiger charge is 2.22. The summed E-state index contributed by atoms with van der Waals surface area (Å²) in [4.78, 5) is 0. The SMILES string of the molecule is CCOC(c1ccccc1)C(O)Cc1ccc(F)cc1C. The van der Waals surface area contributed by atoms with Gasteiger partial charge in [0, 0.05) is 13.0 Å². The molecule has 0 fully saturated rings. The predicted molar refractivity (Wildman–Crippen MR) is 81.7 cm³/mol. The average Bonchev–Trinajstić information content (AvgIpc) is 2.48. The highest BCUT2D eigenvalue weighted by atomic mass is 19.1. The van der Waals surface area contributed by atoms with Gasteiger partial charge in [0.1, 0.15) is 11.9 Å². The van der Waals surface area contributed by atoms with Crippen LogP contribution in [-0.2, 0) is 11.2 Å². The summed E-state index contributed by atoms with van der Waals surface area (Å²) < 4.78 is 18.8. The van der Waals surface area contributed by atoms with Crippen LogP contribution in [0, 0.1) is 12.7 Å². The Morgan fingerprint density at radius 3 is 2.48 bits per heavy atom. The fraction of sp³-hybridized carbons (Fsp3) is 0.333. The molecule has 112 valence electrons. The van der Waals surface area contributed by atoms with Gasteiger partial charge in [-0.15, -0.1) is 0 Å². The van der Waals surface area contributed by atoms with Gasteiger partial charge in [-0.05, 0) is 42.7 Å². The molecule has 2 nitrogen and oxygen atoms in total. The second-order valence-electron chi connectivity index (χ2n) is 5.13. The number of halogens is 1. The molecule has 2 unspecified atom stereocenters. The number of aliphatic hydroxyl groups is 1. The molecule has 0 aliphatic heterocycles. The second-order valence-corrected chi connectivity index (χ2v) is 5.13. The van der Waals surface area contributed by atoms with Crippen molar-refractivity contribution in [3.63, 3.8) is 0 Å². The van der Waals surface area contributed by atoms with Gasteiger partial charge in [0.15, 0.2) is 0 Å². The van der Waals surface area contributed by atoms with Gasteiger partial charge in [-0.3, -0.25) is 0 Å². The van der Waals surface area contributed by atoms with Crippen LogP contribution in [0.15, 0.2) is 48.5 Å². The van der Waals surface area contributed by atoms with Gasteiger partial charge in [-0.25, -0.2) is 4.39 Å². The Bertz CT molecular complexity index is 569. The molecule has 1 N–H and O–H groups in total. The van der Waals surface area contributed by atoms with Crippen LogP contribution >= 0.6 is 0 Å². The van der Waals surface area contributed by atoms with Crippen LogP contribution in [0.4, 0.5) is 4.39 Å². The summed E-state index contributed by atoms with van der Waals surface area (Å²) in [6.07, 6.45) is -0.608. The first-order valence-corrected chi connectivity index (χ1v) is 7.21. The van der Waals surface area contributed by atoms with Crippen molar-refractivity contribution >= 4 is 0 Å². The minimum absolute atomic E-state index is 0.254. The molecule has 0 aromatic heterocycles. The van der Waals surface area contributed by atoms with E-state index in [-0.39, 0.29) is 11.9 Å². The van der Waals surface area contributed by atoms with Crippen molar-refractivity contribution in [2.45, 2.75) is 32.5 Å². The summed E-state index contributed by atoms with van der Waals surface area (Å²) in [5.41, 5.74) is 2.73. The molecule has 0 radical (unpaired) electrons. The molecular formula is C18H21FO2. The quantitative estimate of drug-likeness (QED) is 0.875. The smallest absolute Gasteiger partial charge is 0.123 e. The molecular weight excluding hydrogens is 267 g/mol. The van der Waals surface area contributed by atoms with Crippen molar-refractivity contribution in [1.29, 1.82) is 0 Å². The van der Waals surface area contributed by atoms with Crippen molar-refractivity contribution < 1.29 is 14.2 Å². The maximum atomic E-state index is 13.1. The molecule has 0 aliphatic carbocycles. The van der Waals surface area contributed by atoms with E-state index in [4.69, 9.17) is 4.74 Å². The van der Waals surface area contributed by atoms with Crippen LogP contribution in [0.5, 0.6) is 0 Å². The molecule has 2 atom stereocenters. The first-order chi connectivity index (χ1) is 10.1. The van der Waals surface area contributed by atoms with Crippen molar-refractivity contribution in [2.75, 3.05) is 6.61 Å². The van der Waals surface area contributed by atoms with E-state index in [1.165, 1.54) is 12.1 Å². The molecule has 0 heterocycles. The number of hydrogen-bond donors (Lipinski definition) is 1. The molecule has 0 saturated heterocycles. The van der Waals surface area contributed by atoms with Crippen LogP contribution < -0.4 is 0 Å². The number of benzene rings is 2. The second kappa shape index (κ2) is 7.34. The lowest BCUT2D eigenvalue weighted by Gasteiger charge is -2.24. The fourth-order valence-corrected chi connectivity index (χ4v) is 2.47. The summed E-state index contributed by atoms with van der Waals surface area (Å²) in [5, 5.41) is 10.5. The van der Waals surface area contributed by atoms with Gasteiger partial charge in [0.2, 0.25) is 0 Å². The number of ether oxygens (including phenoxy) is 1. The molecule has 2 rings (SSSR count). The number of aryl methyl sites for hydroxylation is 1. The van der Waals surface area contributed by atoms with E-state index >= 15 is 0 Å². The first kappa shape index (κ1) is 15.7. The first-order valence-electron chi connectivity index (χ1n) is 7.21. The van der Waals surface area contributed by atoms with Gasteiger partial charge in [0.05, 0.1) is 6.10 Å². The highest BCUT2D eigenvalue weighted by molar-refractivity contribution is 5.28. The summed E-state index contributed by atoms with van der Waals surface area (Å²) in [7, 11) is 0. The average molecular weight is 288 g/mol. The zero-order valence-electron chi connectivity index (χ0n) is 12.4. The lowest BCUT2D eigenvalue weighted by Crippen LogP contribution is -2.24. The summed E-state index contributed by atoms with van der Waals surface area (Å²) >= 11 is 0. The molecule has 0 amide bonds. The maximum absolute atomic E-state index is 13.1. The minimum atomic E-state index is -0.670. The maximum Gasteiger partial charge on any atom is 0.123 e. The largest absolute Gasteiger partial charge is 0.390 e. The van der Waals surface area contributed by atoms with E-state index in [0.29, 0.717) is 13.0 Å². The lowest BCUT2D eigenvalue weighted by molar-refractivity contribution is -0.0340. The van der Waals surface area contributed by atoms with Gasteiger partial charge in [-0.1, -0.05) is 36.4 Å². The Morgan fingerprint density at radius 1 is 1.14 bits per heavy atom. The van der Waals surface area contributed by atoms with Crippen LogP contribution in [0.1, 0.15) is 29.7 Å². The fourth-order valence-electron chi connectivity index (χ4n) is 2.47. The Kier molecular flexibility index (Phi) is 5.48.